The van der Waals surface area contributed by atoms with E-state index in [-0.39, 0.29) is 17.9 Å². The second-order valence-corrected chi connectivity index (χ2v) is 11.7. The summed E-state index contributed by atoms with van der Waals surface area (Å²) in [6, 6.07) is 23.3. The van der Waals surface area contributed by atoms with Gasteiger partial charge in [-0.2, -0.15) is 0 Å². The number of piperidine rings is 1. The number of carbonyl (C=O) groups is 2. The van der Waals surface area contributed by atoms with E-state index in [2.05, 4.69) is 44.8 Å². The van der Waals surface area contributed by atoms with E-state index in [0.717, 1.165) is 41.4 Å². The quantitative estimate of drug-likeness (QED) is 0.204. The lowest BCUT2D eigenvalue weighted by Gasteiger charge is -2.34. The number of urea groups is 1. The third-order valence-corrected chi connectivity index (χ3v) is 8.33. The van der Waals surface area contributed by atoms with E-state index in [1.54, 1.807) is 0 Å². The Kier molecular flexibility index (Phi) is 9.67. The van der Waals surface area contributed by atoms with Crippen molar-refractivity contribution in [3.63, 3.8) is 0 Å². The Labute approximate surface area is 254 Å². The molecule has 2 atom stereocenters. The van der Waals surface area contributed by atoms with Gasteiger partial charge in [-0.1, -0.05) is 61.5 Å². The maximum Gasteiger partial charge on any atom is 0.318 e. The molecule has 0 bridgehead atoms. The minimum atomic E-state index is -0.814. The minimum absolute atomic E-state index is 0.218. The maximum absolute atomic E-state index is 14.1. The van der Waals surface area contributed by atoms with Gasteiger partial charge in [0.1, 0.15) is 11.8 Å². The van der Waals surface area contributed by atoms with Crippen molar-refractivity contribution in [3.8, 4) is 5.75 Å². The molecule has 1 aromatic heterocycles. The number of amides is 3. The predicted molar refractivity (Wildman–Crippen MR) is 173 cm³/mol. The Morgan fingerprint density at radius 3 is 2.47 bits per heavy atom. The molecule has 0 saturated carbocycles. The van der Waals surface area contributed by atoms with E-state index in [1.165, 1.54) is 5.56 Å². The van der Waals surface area contributed by atoms with Crippen LogP contribution in [0.3, 0.4) is 0 Å². The van der Waals surface area contributed by atoms with Gasteiger partial charge in [-0.25, -0.2) is 4.79 Å². The highest BCUT2D eigenvalue weighted by molar-refractivity contribution is 5.99. The SMILES string of the molecule is CCOc1ccc(CN(C)C)cc1NC(=O)C(NC(=O)N1CCC(c2ccccc2)CC1)C(C)c1c[nH]c2ccccc12. The summed E-state index contributed by atoms with van der Waals surface area (Å²) in [4.78, 5) is 35.0. The van der Waals surface area contributed by atoms with Gasteiger partial charge >= 0.3 is 6.03 Å². The smallest absolute Gasteiger partial charge is 0.318 e. The standard InChI is InChI=1S/C35H43N5O3/c1-5-43-32-16-15-25(23-39(3)4)21-31(32)37-34(41)33(24(2)29-22-36-30-14-10-9-13-28(29)30)38-35(42)40-19-17-27(18-20-40)26-11-7-6-8-12-26/h6-16,21-22,24,27,33,36H,5,17-20,23H2,1-4H3,(H,37,41)(H,38,42). The molecule has 2 heterocycles. The molecule has 0 spiro atoms. The number of aromatic amines is 1. The average molecular weight is 582 g/mol. The molecule has 0 aliphatic carbocycles. The van der Waals surface area contributed by atoms with Crippen molar-refractivity contribution in [2.45, 2.75) is 51.1 Å². The van der Waals surface area contributed by atoms with Crippen molar-refractivity contribution < 1.29 is 14.3 Å². The Balaban J connectivity index is 1.38. The van der Waals surface area contributed by atoms with Crippen LogP contribution >= 0.6 is 0 Å². The molecule has 1 fully saturated rings. The summed E-state index contributed by atoms with van der Waals surface area (Å²) >= 11 is 0. The molecule has 8 heteroatoms. The van der Waals surface area contributed by atoms with Crippen LogP contribution < -0.4 is 15.4 Å². The number of fused-ring (bicyclic) bond motifs is 1. The first-order valence-corrected chi connectivity index (χ1v) is 15.2. The summed E-state index contributed by atoms with van der Waals surface area (Å²) in [5.41, 5.74) is 4.93. The van der Waals surface area contributed by atoms with Crippen LogP contribution in [0.15, 0.2) is 79.0 Å². The number of anilines is 1. The van der Waals surface area contributed by atoms with Gasteiger partial charge in [0, 0.05) is 42.7 Å². The Morgan fingerprint density at radius 2 is 1.74 bits per heavy atom. The van der Waals surface area contributed by atoms with Gasteiger partial charge in [-0.15, -0.1) is 0 Å². The third kappa shape index (κ3) is 7.20. The van der Waals surface area contributed by atoms with Gasteiger partial charge in [0.05, 0.1) is 12.3 Å². The molecule has 4 aromatic rings. The molecular formula is C35H43N5O3. The van der Waals surface area contributed by atoms with Crippen molar-refractivity contribution in [1.29, 1.82) is 0 Å². The van der Waals surface area contributed by atoms with Gasteiger partial charge in [0.2, 0.25) is 5.91 Å². The fourth-order valence-electron chi connectivity index (χ4n) is 6.06. The highest BCUT2D eigenvalue weighted by Crippen LogP contribution is 2.32. The summed E-state index contributed by atoms with van der Waals surface area (Å²) in [6.07, 6.45) is 3.72. The number of likely N-dealkylation sites (tertiary alicyclic amines) is 1. The van der Waals surface area contributed by atoms with Gasteiger partial charge < -0.3 is 30.2 Å². The number of nitrogens with zero attached hydrogens (tertiary/aromatic N) is 2. The van der Waals surface area contributed by atoms with Crippen LogP contribution in [0.5, 0.6) is 5.75 Å². The van der Waals surface area contributed by atoms with Crippen molar-refractivity contribution in [3.05, 3.63) is 95.7 Å². The Morgan fingerprint density at radius 1 is 1.02 bits per heavy atom. The molecule has 5 rings (SSSR count). The van der Waals surface area contributed by atoms with E-state index in [0.29, 0.717) is 37.1 Å². The van der Waals surface area contributed by atoms with Crippen LogP contribution in [0, 0.1) is 0 Å². The molecule has 8 nitrogen and oxygen atoms in total. The van der Waals surface area contributed by atoms with Crippen LogP contribution in [0.2, 0.25) is 0 Å². The summed E-state index contributed by atoms with van der Waals surface area (Å²) in [6.45, 7) is 6.39. The lowest BCUT2D eigenvalue weighted by atomic mass is 9.89. The fourth-order valence-corrected chi connectivity index (χ4v) is 6.06. The Bertz CT molecular complexity index is 1530. The molecule has 0 radical (unpaired) electrons. The second-order valence-electron chi connectivity index (χ2n) is 11.7. The molecule has 3 aromatic carbocycles. The number of aromatic nitrogens is 1. The number of rotatable bonds is 10. The van der Waals surface area contributed by atoms with E-state index >= 15 is 0 Å². The normalized spacial score (nSPS) is 15.3. The minimum Gasteiger partial charge on any atom is -0.492 e. The van der Waals surface area contributed by atoms with Crippen molar-refractivity contribution in [2.75, 3.05) is 39.1 Å². The molecule has 3 amide bonds. The second kappa shape index (κ2) is 13.8. The highest BCUT2D eigenvalue weighted by atomic mass is 16.5. The van der Waals surface area contributed by atoms with Gasteiger partial charge in [-0.3, -0.25) is 4.79 Å². The van der Waals surface area contributed by atoms with Crippen LogP contribution in [0.4, 0.5) is 10.5 Å². The van der Waals surface area contributed by atoms with Crippen molar-refractivity contribution in [1.82, 2.24) is 20.1 Å². The molecule has 43 heavy (non-hydrogen) atoms. The largest absolute Gasteiger partial charge is 0.492 e. The molecule has 1 aliphatic heterocycles. The first-order valence-electron chi connectivity index (χ1n) is 15.2. The predicted octanol–water partition coefficient (Wildman–Crippen LogP) is 6.33. The number of nitrogens with one attached hydrogen (secondary N) is 3. The molecule has 226 valence electrons. The van der Waals surface area contributed by atoms with Gasteiger partial charge in [-0.05, 0) is 74.7 Å². The number of para-hydroxylation sites is 1. The summed E-state index contributed by atoms with van der Waals surface area (Å²) in [5.74, 6) is 0.447. The van der Waals surface area contributed by atoms with E-state index in [4.69, 9.17) is 4.74 Å². The summed E-state index contributed by atoms with van der Waals surface area (Å²) in [7, 11) is 4.01. The average Bonchev–Trinajstić information content (AvgIpc) is 3.45. The topological polar surface area (TPSA) is 89.7 Å². The first-order chi connectivity index (χ1) is 20.8. The lowest BCUT2D eigenvalue weighted by Crippen LogP contribution is -2.53. The number of H-pyrrole nitrogens is 1. The van der Waals surface area contributed by atoms with E-state index in [9.17, 15) is 9.59 Å². The van der Waals surface area contributed by atoms with Gasteiger partial charge in [0.25, 0.3) is 0 Å². The number of hydrogen-bond acceptors (Lipinski definition) is 4. The summed E-state index contributed by atoms with van der Waals surface area (Å²) < 4.78 is 5.86. The van der Waals surface area contributed by atoms with Crippen LogP contribution in [-0.4, -0.2) is 66.6 Å². The Hall–Kier alpha value is -4.30. The molecule has 1 saturated heterocycles. The zero-order valence-corrected chi connectivity index (χ0v) is 25.6. The number of ether oxygens (including phenoxy) is 1. The summed E-state index contributed by atoms with van der Waals surface area (Å²) in [5, 5.41) is 7.27. The van der Waals surface area contributed by atoms with Crippen LogP contribution in [0.25, 0.3) is 10.9 Å². The van der Waals surface area contributed by atoms with E-state index in [1.807, 2.05) is 87.6 Å². The monoisotopic (exact) mass is 581 g/mol. The van der Waals surface area contributed by atoms with Crippen molar-refractivity contribution >= 4 is 28.5 Å². The van der Waals surface area contributed by atoms with E-state index < -0.39 is 6.04 Å². The molecule has 3 N–H and O–H groups in total. The molecule has 1 aliphatic rings. The van der Waals surface area contributed by atoms with Gasteiger partial charge in [0.15, 0.2) is 0 Å². The lowest BCUT2D eigenvalue weighted by molar-refractivity contribution is -0.118. The third-order valence-electron chi connectivity index (χ3n) is 8.33. The van der Waals surface area contributed by atoms with Crippen molar-refractivity contribution in [2.24, 2.45) is 0 Å². The first kappa shape index (κ1) is 30.2. The zero-order chi connectivity index (χ0) is 30.3. The maximum atomic E-state index is 14.1. The van der Waals surface area contributed by atoms with Crippen LogP contribution in [-0.2, 0) is 11.3 Å². The number of hydrogen-bond donors (Lipinski definition) is 3. The highest BCUT2D eigenvalue weighted by Gasteiger charge is 2.33. The molecule has 2 unspecified atom stereocenters. The number of benzene rings is 3. The van der Waals surface area contributed by atoms with Crippen LogP contribution in [0.1, 0.15) is 55.2 Å². The fraction of sp³-hybridized carbons (Fsp3) is 0.371. The zero-order valence-electron chi connectivity index (χ0n) is 25.6. The molecular weight excluding hydrogens is 538 g/mol. The number of carbonyl (C=O) groups excluding carboxylic acids is 2.